The Morgan fingerprint density at radius 1 is 1.33 bits per heavy atom. The topological polar surface area (TPSA) is 66.3 Å². The van der Waals surface area contributed by atoms with E-state index in [1.54, 1.807) is 0 Å². The van der Waals surface area contributed by atoms with Crippen LogP contribution in [0, 0.1) is 0 Å². The lowest BCUT2D eigenvalue weighted by Gasteiger charge is -2.31. The number of ether oxygens (including phenoxy) is 2. The number of hydrogen-bond acceptors (Lipinski definition) is 4. The average Bonchev–Trinajstić information content (AvgIpc) is 2.60. The monoisotopic (exact) mass is 335 g/mol. The fourth-order valence-electron chi connectivity index (χ4n) is 2.52. The molecular formula is C18H29N3O3. The van der Waals surface area contributed by atoms with Gasteiger partial charge in [-0.2, -0.15) is 0 Å². The molecule has 0 atom stereocenters. The second kappa shape index (κ2) is 9.49. The lowest BCUT2D eigenvalue weighted by atomic mass is 9.95. The highest BCUT2D eigenvalue weighted by Crippen LogP contribution is 2.20. The molecule has 1 aromatic rings. The zero-order valence-corrected chi connectivity index (χ0v) is 14.7. The first kappa shape index (κ1) is 18.5. The highest BCUT2D eigenvalue weighted by molar-refractivity contribution is 5.79. The molecule has 1 fully saturated rings. The predicted molar refractivity (Wildman–Crippen MR) is 95.5 cm³/mol. The van der Waals surface area contributed by atoms with Crippen LogP contribution in [0.25, 0.3) is 0 Å². The third-order valence-electron chi connectivity index (χ3n) is 4.08. The molecule has 2 N–H and O–H groups in total. The van der Waals surface area contributed by atoms with Crippen molar-refractivity contribution in [2.75, 3.05) is 46.5 Å². The minimum Gasteiger partial charge on any atom is -0.492 e. The summed E-state index contributed by atoms with van der Waals surface area (Å²) in [4.78, 5) is 6.63. The maximum atomic E-state index is 10.5. The standard InChI is InChI=1S/C18H29N3O3/c1-3-19-17(20-15-18(22)9-12-23-13-10-18)21(2)11-14-24-16-7-5-4-6-8-16/h4-8,22H,3,9-15H2,1-2H3,(H,19,20). The van der Waals surface area contributed by atoms with Crippen LogP contribution in [0.15, 0.2) is 35.3 Å². The lowest BCUT2D eigenvalue weighted by molar-refractivity contribution is -0.0566. The van der Waals surface area contributed by atoms with Crippen molar-refractivity contribution in [1.29, 1.82) is 0 Å². The molecular weight excluding hydrogens is 306 g/mol. The van der Waals surface area contributed by atoms with E-state index in [0.717, 1.165) is 18.3 Å². The van der Waals surface area contributed by atoms with Crippen LogP contribution in [0.4, 0.5) is 0 Å². The van der Waals surface area contributed by atoms with Gasteiger partial charge in [0.2, 0.25) is 0 Å². The smallest absolute Gasteiger partial charge is 0.193 e. The van der Waals surface area contributed by atoms with Crippen molar-refractivity contribution < 1.29 is 14.6 Å². The highest BCUT2D eigenvalue weighted by atomic mass is 16.5. The normalized spacial score (nSPS) is 17.4. The Morgan fingerprint density at radius 2 is 2.04 bits per heavy atom. The van der Waals surface area contributed by atoms with Crippen molar-refractivity contribution in [3.63, 3.8) is 0 Å². The summed E-state index contributed by atoms with van der Waals surface area (Å²) in [6, 6.07) is 9.77. The fourth-order valence-corrected chi connectivity index (χ4v) is 2.52. The van der Waals surface area contributed by atoms with Crippen LogP contribution in [0.1, 0.15) is 19.8 Å². The first-order chi connectivity index (χ1) is 11.6. The van der Waals surface area contributed by atoms with Crippen LogP contribution >= 0.6 is 0 Å². The van der Waals surface area contributed by atoms with Crippen LogP contribution in [-0.2, 0) is 4.74 Å². The third kappa shape index (κ3) is 6.02. The molecule has 0 amide bonds. The van der Waals surface area contributed by atoms with Gasteiger partial charge in [-0.15, -0.1) is 0 Å². The average molecular weight is 335 g/mol. The molecule has 6 nitrogen and oxygen atoms in total. The van der Waals surface area contributed by atoms with Crippen LogP contribution in [0.3, 0.4) is 0 Å². The van der Waals surface area contributed by atoms with Gasteiger partial charge in [0, 0.05) is 39.6 Å². The van der Waals surface area contributed by atoms with E-state index in [0.29, 0.717) is 45.8 Å². The molecule has 134 valence electrons. The SMILES string of the molecule is CCNC(=NCC1(O)CCOCC1)N(C)CCOc1ccccc1. The zero-order chi connectivity index (χ0) is 17.3. The molecule has 1 saturated heterocycles. The van der Waals surface area contributed by atoms with E-state index < -0.39 is 5.60 Å². The molecule has 0 unspecified atom stereocenters. The summed E-state index contributed by atoms with van der Waals surface area (Å²) in [6.45, 7) is 5.69. The van der Waals surface area contributed by atoms with Crippen LogP contribution in [-0.4, -0.2) is 68.1 Å². The van der Waals surface area contributed by atoms with Gasteiger partial charge in [-0.1, -0.05) is 18.2 Å². The highest BCUT2D eigenvalue weighted by Gasteiger charge is 2.29. The second-order valence-corrected chi connectivity index (χ2v) is 6.09. The van der Waals surface area contributed by atoms with Crippen LogP contribution in [0.5, 0.6) is 5.75 Å². The molecule has 0 saturated carbocycles. The fraction of sp³-hybridized carbons (Fsp3) is 0.611. The number of aliphatic hydroxyl groups is 1. The van der Waals surface area contributed by atoms with Gasteiger partial charge >= 0.3 is 0 Å². The van der Waals surface area contributed by atoms with Gasteiger partial charge in [-0.05, 0) is 19.1 Å². The number of benzene rings is 1. The number of aliphatic imine (C=N–C) groups is 1. The summed E-state index contributed by atoms with van der Waals surface area (Å²) < 4.78 is 11.0. The maximum absolute atomic E-state index is 10.5. The van der Waals surface area contributed by atoms with E-state index in [4.69, 9.17) is 9.47 Å². The van der Waals surface area contributed by atoms with Crippen LogP contribution < -0.4 is 10.1 Å². The molecule has 6 heteroatoms. The molecule has 24 heavy (non-hydrogen) atoms. The van der Waals surface area contributed by atoms with Crippen molar-refractivity contribution in [3.05, 3.63) is 30.3 Å². The molecule has 2 rings (SSSR count). The Kier molecular flexibility index (Phi) is 7.34. The summed E-state index contributed by atoms with van der Waals surface area (Å²) in [5.41, 5.74) is -0.750. The predicted octanol–water partition coefficient (Wildman–Crippen LogP) is 1.50. The Labute approximate surface area is 144 Å². The van der Waals surface area contributed by atoms with Crippen molar-refractivity contribution in [1.82, 2.24) is 10.2 Å². The van der Waals surface area contributed by atoms with E-state index in [-0.39, 0.29) is 0 Å². The number of hydrogen-bond donors (Lipinski definition) is 2. The second-order valence-electron chi connectivity index (χ2n) is 6.09. The van der Waals surface area contributed by atoms with E-state index in [1.165, 1.54) is 0 Å². The zero-order valence-electron chi connectivity index (χ0n) is 14.7. The first-order valence-electron chi connectivity index (χ1n) is 8.60. The van der Waals surface area contributed by atoms with E-state index in [2.05, 4.69) is 10.3 Å². The molecule has 0 spiro atoms. The van der Waals surface area contributed by atoms with E-state index in [1.807, 2.05) is 49.2 Å². The quantitative estimate of drug-likeness (QED) is 0.584. The molecule has 1 aromatic carbocycles. The van der Waals surface area contributed by atoms with Gasteiger partial charge < -0.3 is 24.8 Å². The van der Waals surface area contributed by atoms with Gasteiger partial charge in [0.1, 0.15) is 12.4 Å². The van der Waals surface area contributed by atoms with Crippen molar-refractivity contribution >= 4 is 5.96 Å². The maximum Gasteiger partial charge on any atom is 0.193 e. The van der Waals surface area contributed by atoms with Crippen molar-refractivity contribution in [2.24, 2.45) is 4.99 Å². The number of nitrogens with one attached hydrogen (secondary N) is 1. The summed E-state index contributed by atoms with van der Waals surface area (Å²) in [6.07, 6.45) is 1.27. The summed E-state index contributed by atoms with van der Waals surface area (Å²) in [5, 5.41) is 13.8. The number of rotatable bonds is 7. The third-order valence-corrected chi connectivity index (χ3v) is 4.08. The molecule has 0 bridgehead atoms. The largest absolute Gasteiger partial charge is 0.492 e. The van der Waals surface area contributed by atoms with Gasteiger partial charge in [0.15, 0.2) is 5.96 Å². The molecule has 1 aliphatic heterocycles. The number of nitrogens with zero attached hydrogens (tertiary/aromatic N) is 2. The first-order valence-corrected chi connectivity index (χ1v) is 8.60. The molecule has 1 heterocycles. The van der Waals surface area contributed by atoms with Gasteiger partial charge in [0.25, 0.3) is 0 Å². The number of para-hydroxylation sites is 1. The Morgan fingerprint density at radius 3 is 2.71 bits per heavy atom. The van der Waals surface area contributed by atoms with E-state index >= 15 is 0 Å². The summed E-state index contributed by atoms with van der Waals surface area (Å²) in [5.74, 6) is 1.65. The Balaban J connectivity index is 1.84. The lowest BCUT2D eigenvalue weighted by Crippen LogP contribution is -2.44. The van der Waals surface area contributed by atoms with Crippen molar-refractivity contribution in [2.45, 2.75) is 25.4 Å². The Bertz CT molecular complexity index is 501. The minimum absolute atomic E-state index is 0.391. The molecule has 1 aliphatic rings. The summed E-state index contributed by atoms with van der Waals surface area (Å²) in [7, 11) is 1.98. The van der Waals surface area contributed by atoms with Gasteiger partial charge in [-0.25, -0.2) is 0 Å². The molecule has 0 aromatic heterocycles. The molecule has 0 radical (unpaired) electrons. The van der Waals surface area contributed by atoms with Crippen LogP contribution in [0.2, 0.25) is 0 Å². The molecule has 0 aliphatic carbocycles. The van der Waals surface area contributed by atoms with Gasteiger partial charge in [0.05, 0.1) is 18.7 Å². The number of likely N-dealkylation sites (N-methyl/N-ethyl adjacent to an activating group) is 1. The Hall–Kier alpha value is -1.79. The van der Waals surface area contributed by atoms with Gasteiger partial charge in [-0.3, -0.25) is 4.99 Å². The van der Waals surface area contributed by atoms with Crippen molar-refractivity contribution in [3.8, 4) is 5.75 Å². The minimum atomic E-state index is -0.750. The van der Waals surface area contributed by atoms with E-state index in [9.17, 15) is 5.11 Å². The number of guanidine groups is 1. The summed E-state index contributed by atoms with van der Waals surface area (Å²) >= 11 is 0.